The van der Waals surface area contributed by atoms with Gasteiger partial charge in [-0.2, -0.15) is 9.59 Å². The molecular formula is C9H15NO4. The standard InChI is InChI=1S/C8H15NO2.CO2/c9-7-1-3-8(4-2-7)10-5-6-11-8;2-1-3/h7H,1-6,9H2;. The highest BCUT2D eigenvalue weighted by molar-refractivity contribution is 5.20. The molecule has 0 atom stereocenters. The van der Waals surface area contributed by atoms with E-state index in [1.165, 1.54) is 0 Å². The van der Waals surface area contributed by atoms with Crippen LogP contribution >= 0.6 is 0 Å². The minimum atomic E-state index is -0.226. The fraction of sp³-hybridized carbons (Fsp3) is 0.889. The molecule has 2 rings (SSSR count). The van der Waals surface area contributed by atoms with Gasteiger partial charge in [0.15, 0.2) is 5.79 Å². The molecule has 0 aromatic carbocycles. The predicted octanol–water partition coefficient (Wildman–Crippen LogP) is 0.0473. The van der Waals surface area contributed by atoms with Crippen LogP contribution in [0.15, 0.2) is 0 Å². The molecular weight excluding hydrogens is 186 g/mol. The molecule has 2 aliphatic rings. The third kappa shape index (κ3) is 2.89. The number of nitrogens with two attached hydrogens (primary N) is 1. The molecule has 14 heavy (non-hydrogen) atoms. The molecule has 1 aliphatic heterocycles. The van der Waals surface area contributed by atoms with Crippen molar-refractivity contribution >= 4 is 6.15 Å². The molecule has 5 nitrogen and oxygen atoms in total. The second kappa shape index (κ2) is 5.22. The van der Waals surface area contributed by atoms with E-state index in [1.54, 1.807) is 0 Å². The molecule has 1 spiro atoms. The van der Waals surface area contributed by atoms with Crippen LogP contribution in [-0.2, 0) is 19.1 Å². The minimum absolute atomic E-state index is 0.226. The second-order valence-electron chi connectivity index (χ2n) is 3.53. The van der Waals surface area contributed by atoms with E-state index in [0.717, 1.165) is 38.9 Å². The van der Waals surface area contributed by atoms with Crippen LogP contribution in [0.4, 0.5) is 0 Å². The summed E-state index contributed by atoms with van der Waals surface area (Å²) in [6, 6.07) is 0.369. The first-order chi connectivity index (χ1) is 6.72. The second-order valence-corrected chi connectivity index (χ2v) is 3.53. The maximum atomic E-state index is 8.12. The van der Waals surface area contributed by atoms with Gasteiger partial charge in [-0.3, -0.25) is 0 Å². The summed E-state index contributed by atoms with van der Waals surface area (Å²) in [6.07, 6.45) is 4.29. The molecule has 0 radical (unpaired) electrons. The van der Waals surface area contributed by atoms with E-state index in [2.05, 4.69) is 0 Å². The number of rotatable bonds is 0. The molecule has 5 heteroatoms. The lowest BCUT2D eigenvalue weighted by atomic mass is 9.91. The quantitative estimate of drug-likeness (QED) is 0.599. The van der Waals surface area contributed by atoms with E-state index in [9.17, 15) is 0 Å². The lowest BCUT2D eigenvalue weighted by Gasteiger charge is -2.33. The van der Waals surface area contributed by atoms with Gasteiger partial charge >= 0.3 is 6.15 Å². The maximum absolute atomic E-state index is 8.12. The molecule has 0 amide bonds. The SMILES string of the molecule is NC1CCC2(CC1)OCCO2.O=C=O. The molecule has 2 N–H and O–H groups in total. The van der Waals surface area contributed by atoms with Gasteiger partial charge in [-0.15, -0.1) is 0 Å². The van der Waals surface area contributed by atoms with Gasteiger partial charge in [-0.25, -0.2) is 0 Å². The predicted molar refractivity (Wildman–Crippen MR) is 46.1 cm³/mol. The topological polar surface area (TPSA) is 78.6 Å². The van der Waals surface area contributed by atoms with Crippen molar-refractivity contribution in [3.05, 3.63) is 0 Å². The third-order valence-corrected chi connectivity index (χ3v) is 2.61. The number of carbonyl (C=O) groups excluding carboxylic acids is 2. The Morgan fingerprint density at radius 3 is 2.00 bits per heavy atom. The zero-order chi connectivity index (χ0) is 10.4. The number of hydrogen-bond donors (Lipinski definition) is 1. The fourth-order valence-electron chi connectivity index (χ4n) is 1.87. The van der Waals surface area contributed by atoms with E-state index in [1.807, 2.05) is 0 Å². The van der Waals surface area contributed by atoms with Crippen molar-refractivity contribution in [1.82, 2.24) is 0 Å². The van der Waals surface area contributed by atoms with Crippen molar-refractivity contribution in [3.8, 4) is 0 Å². The van der Waals surface area contributed by atoms with Crippen LogP contribution in [0.5, 0.6) is 0 Å². The third-order valence-electron chi connectivity index (χ3n) is 2.61. The van der Waals surface area contributed by atoms with Gasteiger partial charge in [0.05, 0.1) is 13.2 Å². The summed E-state index contributed by atoms with van der Waals surface area (Å²) < 4.78 is 11.1. The molecule has 1 heterocycles. The van der Waals surface area contributed by atoms with Crippen LogP contribution in [0.3, 0.4) is 0 Å². The Hall–Kier alpha value is -0.740. The first kappa shape index (κ1) is 11.3. The van der Waals surface area contributed by atoms with Gasteiger partial charge in [0, 0.05) is 18.9 Å². The van der Waals surface area contributed by atoms with Crippen molar-refractivity contribution < 1.29 is 19.1 Å². The lowest BCUT2D eigenvalue weighted by molar-refractivity contribution is -0.191. The van der Waals surface area contributed by atoms with Crippen molar-refractivity contribution in [2.45, 2.75) is 37.5 Å². The van der Waals surface area contributed by atoms with Crippen molar-refractivity contribution in [2.24, 2.45) is 5.73 Å². The van der Waals surface area contributed by atoms with Crippen LogP contribution in [0.2, 0.25) is 0 Å². The first-order valence-electron chi connectivity index (χ1n) is 4.75. The summed E-state index contributed by atoms with van der Waals surface area (Å²) in [6.45, 7) is 1.52. The van der Waals surface area contributed by atoms with E-state index >= 15 is 0 Å². The Balaban J connectivity index is 0.000000293. The van der Waals surface area contributed by atoms with E-state index < -0.39 is 0 Å². The maximum Gasteiger partial charge on any atom is 0.373 e. The number of ether oxygens (including phenoxy) is 2. The van der Waals surface area contributed by atoms with Gasteiger partial charge in [-0.05, 0) is 12.8 Å². The monoisotopic (exact) mass is 201 g/mol. The molecule has 0 aromatic rings. The molecule has 2 fully saturated rings. The largest absolute Gasteiger partial charge is 0.373 e. The summed E-state index contributed by atoms with van der Waals surface area (Å²) >= 11 is 0. The normalized spacial score (nSPS) is 25.2. The average molecular weight is 201 g/mol. The van der Waals surface area contributed by atoms with Crippen molar-refractivity contribution in [1.29, 1.82) is 0 Å². The summed E-state index contributed by atoms with van der Waals surface area (Å²) in [4.78, 5) is 16.2. The molecule has 1 aliphatic carbocycles. The molecule has 0 unspecified atom stereocenters. The Bertz CT molecular complexity index is 197. The molecule has 0 aromatic heterocycles. The van der Waals surface area contributed by atoms with E-state index in [-0.39, 0.29) is 11.9 Å². The Labute approximate surface area is 82.5 Å². The highest BCUT2D eigenvalue weighted by Crippen LogP contribution is 2.34. The fourth-order valence-corrected chi connectivity index (χ4v) is 1.87. The van der Waals surface area contributed by atoms with Gasteiger partial charge in [0.1, 0.15) is 0 Å². The first-order valence-corrected chi connectivity index (χ1v) is 4.75. The van der Waals surface area contributed by atoms with Crippen molar-refractivity contribution in [3.63, 3.8) is 0 Å². The van der Waals surface area contributed by atoms with Gasteiger partial charge in [-0.1, -0.05) is 0 Å². The highest BCUT2D eigenvalue weighted by atomic mass is 16.7. The zero-order valence-corrected chi connectivity index (χ0v) is 8.03. The summed E-state index contributed by atoms with van der Waals surface area (Å²) in [5.41, 5.74) is 5.77. The van der Waals surface area contributed by atoms with Gasteiger partial charge < -0.3 is 15.2 Å². The van der Waals surface area contributed by atoms with Crippen molar-refractivity contribution in [2.75, 3.05) is 13.2 Å². The molecule has 1 saturated heterocycles. The molecule has 1 saturated carbocycles. The highest BCUT2D eigenvalue weighted by Gasteiger charge is 2.39. The van der Waals surface area contributed by atoms with Crippen LogP contribution in [-0.4, -0.2) is 31.2 Å². The minimum Gasteiger partial charge on any atom is -0.348 e. The van der Waals surface area contributed by atoms with E-state index in [4.69, 9.17) is 24.8 Å². The Kier molecular flexibility index (Phi) is 4.22. The number of hydrogen-bond acceptors (Lipinski definition) is 5. The van der Waals surface area contributed by atoms with E-state index in [0.29, 0.717) is 6.04 Å². The van der Waals surface area contributed by atoms with Gasteiger partial charge in [0.2, 0.25) is 0 Å². The zero-order valence-electron chi connectivity index (χ0n) is 8.03. The van der Waals surface area contributed by atoms with Crippen LogP contribution in [0.25, 0.3) is 0 Å². The summed E-state index contributed by atoms with van der Waals surface area (Å²) in [5, 5.41) is 0. The van der Waals surface area contributed by atoms with Crippen LogP contribution in [0, 0.1) is 0 Å². The van der Waals surface area contributed by atoms with Crippen LogP contribution in [0.1, 0.15) is 25.7 Å². The van der Waals surface area contributed by atoms with Crippen LogP contribution < -0.4 is 5.73 Å². The summed E-state index contributed by atoms with van der Waals surface area (Å²) in [5.74, 6) is -0.226. The Morgan fingerprint density at radius 2 is 1.57 bits per heavy atom. The van der Waals surface area contributed by atoms with Gasteiger partial charge in [0.25, 0.3) is 0 Å². The smallest absolute Gasteiger partial charge is 0.348 e. The molecule has 0 bridgehead atoms. The molecule has 80 valence electrons. The summed E-state index contributed by atoms with van der Waals surface area (Å²) in [7, 11) is 0. The average Bonchev–Trinajstić information content (AvgIpc) is 2.61. The Morgan fingerprint density at radius 1 is 1.14 bits per heavy atom. The lowest BCUT2D eigenvalue weighted by Crippen LogP contribution is -2.39.